The highest BCUT2D eigenvalue weighted by Gasteiger charge is 2.17. The summed E-state index contributed by atoms with van der Waals surface area (Å²) in [4.78, 5) is 33.6. The van der Waals surface area contributed by atoms with E-state index in [1.807, 2.05) is 25.1 Å². The molecule has 2 aromatic rings. The summed E-state index contributed by atoms with van der Waals surface area (Å²) in [6, 6.07) is 7.00. The number of carbonyl (C=O) groups is 1. The molecule has 1 atom stereocenters. The van der Waals surface area contributed by atoms with Gasteiger partial charge in [-0.2, -0.15) is 5.10 Å². The van der Waals surface area contributed by atoms with E-state index in [0.29, 0.717) is 6.42 Å². The quantitative estimate of drug-likeness (QED) is 0.802. The zero-order chi connectivity index (χ0) is 19.9. The first-order valence-electron chi connectivity index (χ1n) is 9.77. The second-order valence-electron chi connectivity index (χ2n) is 7.14. The molecule has 0 aromatic carbocycles. The van der Waals surface area contributed by atoms with Crippen molar-refractivity contribution in [1.82, 2.24) is 25.0 Å². The van der Waals surface area contributed by atoms with Crippen LogP contribution in [0.25, 0.3) is 0 Å². The Hall–Kier alpha value is -2.74. The van der Waals surface area contributed by atoms with E-state index in [1.165, 1.54) is 4.68 Å². The van der Waals surface area contributed by atoms with Gasteiger partial charge in [-0.05, 0) is 38.6 Å². The van der Waals surface area contributed by atoms with Gasteiger partial charge in [-0.25, -0.2) is 4.68 Å². The van der Waals surface area contributed by atoms with Crippen LogP contribution in [0.4, 0.5) is 5.69 Å². The van der Waals surface area contributed by atoms with E-state index < -0.39 is 0 Å². The number of hydrogen-bond acceptors (Lipinski definition) is 6. The number of amides is 1. The molecule has 2 aromatic heterocycles. The molecule has 1 aliphatic heterocycles. The van der Waals surface area contributed by atoms with Crippen molar-refractivity contribution in [1.29, 1.82) is 0 Å². The third-order valence-electron chi connectivity index (χ3n) is 5.02. The topological polar surface area (TPSA) is 83.4 Å². The Kier molecular flexibility index (Phi) is 6.76. The molecule has 0 aliphatic carbocycles. The van der Waals surface area contributed by atoms with E-state index in [9.17, 15) is 9.59 Å². The normalized spacial score (nSPS) is 16.4. The fraction of sp³-hybridized carbons (Fsp3) is 0.500. The first-order valence-corrected chi connectivity index (χ1v) is 9.77. The smallest absolute Gasteiger partial charge is 0.269 e. The SMILES string of the molecule is CCC(NC(=O)Cn1ncc(N2CCCN(C)CC2)cc1=O)c1ccccn1. The molecule has 1 amide bonds. The number of aromatic nitrogens is 3. The Balaban J connectivity index is 1.64. The minimum absolute atomic E-state index is 0.106. The van der Waals surface area contributed by atoms with Gasteiger partial charge in [0.1, 0.15) is 6.54 Å². The molecule has 1 fully saturated rings. The van der Waals surface area contributed by atoms with Crippen molar-refractivity contribution in [3.05, 3.63) is 52.7 Å². The Bertz CT molecular complexity index is 838. The number of nitrogens with one attached hydrogen (secondary N) is 1. The van der Waals surface area contributed by atoms with Gasteiger partial charge in [-0.15, -0.1) is 0 Å². The third kappa shape index (κ3) is 5.16. The molecule has 8 nitrogen and oxygen atoms in total. The van der Waals surface area contributed by atoms with Crippen molar-refractivity contribution in [3.8, 4) is 0 Å². The molecule has 1 aliphatic rings. The predicted molar refractivity (Wildman–Crippen MR) is 108 cm³/mol. The molecule has 0 radical (unpaired) electrons. The van der Waals surface area contributed by atoms with Crippen LogP contribution < -0.4 is 15.8 Å². The van der Waals surface area contributed by atoms with E-state index in [2.05, 4.69) is 32.2 Å². The maximum absolute atomic E-state index is 12.5. The van der Waals surface area contributed by atoms with Gasteiger partial charge in [0.15, 0.2) is 0 Å². The van der Waals surface area contributed by atoms with Crippen LogP contribution in [-0.2, 0) is 11.3 Å². The van der Waals surface area contributed by atoms with Crippen LogP contribution in [0.5, 0.6) is 0 Å². The molecule has 1 unspecified atom stereocenters. The van der Waals surface area contributed by atoms with Gasteiger partial charge < -0.3 is 15.1 Å². The lowest BCUT2D eigenvalue weighted by Gasteiger charge is -2.22. The summed E-state index contributed by atoms with van der Waals surface area (Å²) >= 11 is 0. The molecule has 8 heteroatoms. The first kappa shape index (κ1) is 20.0. The average molecular weight is 384 g/mol. The summed E-state index contributed by atoms with van der Waals surface area (Å²) in [6.07, 6.45) is 5.15. The highest BCUT2D eigenvalue weighted by molar-refractivity contribution is 5.76. The second-order valence-corrected chi connectivity index (χ2v) is 7.14. The summed E-state index contributed by atoms with van der Waals surface area (Å²) in [5, 5.41) is 7.15. The van der Waals surface area contributed by atoms with Crippen molar-refractivity contribution < 1.29 is 4.79 Å². The van der Waals surface area contributed by atoms with Crippen molar-refractivity contribution in [2.45, 2.75) is 32.4 Å². The molecule has 1 saturated heterocycles. The van der Waals surface area contributed by atoms with Crippen LogP contribution in [-0.4, -0.2) is 58.8 Å². The molecule has 3 rings (SSSR count). The van der Waals surface area contributed by atoms with Crippen LogP contribution in [0.3, 0.4) is 0 Å². The molecule has 1 N–H and O–H groups in total. The summed E-state index contributed by atoms with van der Waals surface area (Å²) in [5.74, 6) is -0.253. The number of nitrogens with zero attached hydrogens (tertiary/aromatic N) is 5. The fourth-order valence-electron chi connectivity index (χ4n) is 3.36. The van der Waals surface area contributed by atoms with Gasteiger partial charge in [0, 0.05) is 31.9 Å². The van der Waals surface area contributed by atoms with Crippen LogP contribution in [0.2, 0.25) is 0 Å². The molecular weight excluding hydrogens is 356 g/mol. The predicted octanol–water partition coefficient (Wildman–Crippen LogP) is 1.05. The Labute approximate surface area is 165 Å². The van der Waals surface area contributed by atoms with Gasteiger partial charge >= 0.3 is 0 Å². The Morgan fingerprint density at radius 3 is 2.82 bits per heavy atom. The van der Waals surface area contributed by atoms with Crippen molar-refractivity contribution >= 4 is 11.6 Å². The van der Waals surface area contributed by atoms with Crippen molar-refractivity contribution in [2.24, 2.45) is 0 Å². The van der Waals surface area contributed by atoms with Crippen LogP contribution in [0, 0.1) is 0 Å². The van der Waals surface area contributed by atoms with Gasteiger partial charge in [-0.3, -0.25) is 14.6 Å². The lowest BCUT2D eigenvalue weighted by Crippen LogP contribution is -2.36. The molecule has 0 spiro atoms. The number of likely N-dealkylation sites (N-methyl/N-ethyl adjacent to an activating group) is 1. The first-order chi connectivity index (χ1) is 13.6. The molecule has 0 saturated carbocycles. The third-order valence-corrected chi connectivity index (χ3v) is 5.02. The summed E-state index contributed by atoms with van der Waals surface area (Å²) in [5.41, 5.74) is 1.35. The minimum atomic E-state index is -0.267. The average Bonchev–Trinajstić information content (AvgIpc) is 2.93. The lowest BCUT2D eigenvalue weighted by atomic mass is 10.1. The molecule has 150 valence electrons. The van der Waals surface area contributed by atoms with Crippen LogP contribution >= 0.6 is 0 Å². The van der Waals surface area contributed by atoms with E-state index >= 15 is 0 Å². The highest BCUT2D eigenvalue weighted by Crippen LogP contribution is 2.14. The molecule has 3 heterocycles. The van der Waals surface area contributed by atoms with Gasteiger partial charge in [0.25, 0.3) is 5.56 Å². The highest BCUT2D eigenvalue weighted by atomic mass is 16.2. The Morgan fingerprint density at radius 2 is 2.11 bits per heavy atom. The number of rotatable bonds is 6. The zero-order valence-corrected chi connectivity index (χ0v) is 16.5. The standard InChI is InChI=1S/C20H28N6O2/c1-3-17(18-7-4-5-8-21-18)23-19(27)15-26-20(28)13-16(14-22-26)25-10-6-9-24(2)11-12-25/h4-5,7-8,13-14,17H,3,6,9-12,15H2,1-2H3,(H,23,27). The molecule has 0 bridgehead atoms. The fourth-order valence-corrected chi connectivity index (χ4v) is 3.36. The maximum Gasteiger partial charge on any atom is 0.269 e. The van der Waals surface area contributed by atoms with E-state index in [-0.39, 0.29) is 24.1 Å². The van der Waals surface area contributed by atoms with E-state index in [4.69, 9.17) is 0 Å². The van der Waals surface area contributed by atoms with Gasteiger partial charge in [0.2, 0.25) is 5.91 Å². The van der Waals surface area contributed by atoms with Crippen molar-refractivity contribution in [2.75, 3.05) is 38.1 Å². The zero-order valence-electron chi connectivity index (χ0n) is 16.5. The van der Waals surface area contributed by atoms with Crippen LogP contribution in [0.1, 0.15) is 31.5 Å². The number of carbonyl (C=O) groups excluding carboxylic acids is 1. The minimum Gasteiger partial charge on any atom is -0.369 e. The summed E-state index contributed by atoms with van der Waals surface area (Å²) in [6.45, 7) is 5.65. The van der Waals surface area contributed by atoms with E-state index in [0.717, 1.165) is 44.0 Å². The number of hydrogen-bond donors (Lipinski definition) is 1. The largest absolute Gasteiger partial charge is 0.369 e. The summed E-state index contributed by atoms with van der Waals surface area (Å²) < 4.78 is 1.20. The number of anilines is 1. The summed E-state index contributed by atoms with van der Waals surface area (Å²) in [7, 11) is 2.10. The van der Waals surface area contributed by atoms with Gasteiger partial charge in [-0.1, -0.05) is 13.0 Å². The van der Waals surface area contributed by atoms with E-state index in [1.54, 1.807) is 18.5 Å². The van der Waals surface area contributed by atoms with Crippen LogP contribution in [0.15, 0.2) is 41.5 Å². The Morgan fingerprint density at radius 1 is 1.25 bits per heavy atom. The van der Waals surface area contributed by atoms with Gasteiger partial charge in [0.05, 0.1) is 23.6 Å². The maximum atomic E-state index is 12.5. The molecular formula is C20H28N6O2. The lowest BCUT2D eigenvalue weighted by molar-refractivity contribution is -0.122. The molecule has 28 heavy (non-hydrogen) atoms. The second kappa shape index (κ2) is 9.45. The monoisotopic (exact) mass is 384 g/mol. The van der Waals surface area contributed by atoms with Crippen molar-refractivity contribution in [3.63, 3.8) is 0 Å². The number of pyridine rings is 1.